The fourth-order valence-electron chi connectivity index (χ4n) is 26.5. The second-order valence-corrected chi connectivity index (χ2v) is 39.7. The predicted molar refractivity (Wildman–Crippen MR) is 513 cm³/mol. The number of benzene rings is 5. The Morgan fingerprint density at radius 2 is 0.948 bits per heavy atom. The third-order valence-corrected chi connectivity index (χ3v) is 33.3. The van der Waals surface area contributed by atoms with Gasteiger partial charge in [-0.15, -0.1) is 0 Å². The van der Waals surface area contributed by atoms with Gasteiger partial charge in [0, 0.05) is 189 Å². The number of amides is 2. The molecule has 708 valence electrons. The lowest BCUT2D eigenvalue weighted by molar-refractivity contribution is -0.155. The largest absolute Gasteiger partial charge is 0.500 e. The van der Waals surface area contributed by atoms with E-state index in [-0.39, 0.29) is 108 Å². The number of aliphatic hydroxyl groups is 1. The third kappa shape index (κ3) is 15.7. The number of H-pyrrole nitrogens is 5. The number of nitrogens with zero attached hydrogens (tertiary/aromatic N) is 5. The molecule has 2 amide bonds. The number of carboxylic acid groups (broad SMARTS) is 1. The van der Waals surface area contributed by atoms with E-state index in [1.165, 1.54) is 116 Å². The summed E-state index contributed by atoms with van der Waals surface area (Å²) in [5.41, 5.74) is 21.3. The number of rotatable bonds is 9. The van der Waals surface area contributed by atoms with Gasteiger partial charge in [-0.25, -0.2) is 14.4 Å². The highest BCUT2D eigenvalue weighted by atomic mass is 16.5. The van der Waals surface area contributed by atoms with Crippen LogP contribution in [0.4, 0.5) is 0 Å². The molecule has 27 nitrogen and oxygen atoms in total. The maximum absolute atomic E-state index is 13.6. The number of esters is 2. The summed E-state index contributed by atoms with van der Waals surface area (Å²) < 4.78 is 49.3. The van der Waals surface area contributed by atoms with Crippen molar-refractivity contribution in [3.05, 3.63) is 237 Å². The predicted octanol–water partition coefficient (Wildman–Crippen LogP) is 15.7. The minimum Gasteiger partial charge on any atom is -0.500 e. The van der Waals surface area contributed by atoms with E-state index in [1.54, 1.807) is 33.9 Å². The normalized spacial score (nSPS) is 30.3. The van der Waals surface area contributed by atoms with Crippen LogP contribution in [0.2, 0.25) is 0 Å². The first-order valence-corrected chi connectivity index (χ1v) is 48.7. The van der Waals surface area contributed by atoms with Crippen LogP contribution in [0.3, 0.4) is 0 Å². The van der Waals surface area contributed by atoms with Crippen LogP contribution in [0.25, 0.3) is 54.5 Å². The average Bonchev–Trinajstić information content (AvgIpc) is 1.65. The summed E-state index contributed by atoms with van der Waals surface area (Å²) >= 11 is 0. The molecule has 0 saturated carbocycles. The molecule has 19 heterocycles. The number of aliphatic hydroxyl groups excluding tert-OH is 1. The molecule has 14 aliphatic heterocycles. The van der Waals surface area contributed by atoms with Crippen molar-refractivity contribution in [1.29, 1.82) is 0 Å². The molecule has 1 aliphatic carbocycles. The van der Waals surface area contributed by atoms with E-state index >= 15 is 0 Å². The van der Waals surface area contributed by atoms with Gasteiger partial charge in [0.1, 0.15) is 23.4 Å². The number of ether oxygens (including phenoxy) is 9. The summed E-state index contributed by atoms with van der Waals surface area (Å²) in [7, 11) is 7.90. The zero-order chi connectivity index (χ0) is 93.2. The molecule has 25 rings (SSSR count). The fourth-order valence-corrected chi connectivity index (χ4v) is 26.5. The molecule has 15 aliphatic rings. The number of hydrogen-bond acceptors (Lipinski definition) is 19. The van der Waals surface area contributed by atoms with E-state index < -0.39 is 18.0 Å². The first kappa shape index (κ1) is 89.5. The molecule has 5 saturated heterocycles. The number of hydrogen-bond donors (Lipinski definition) is 8. The van der Waals surface area contributed by atoms with Gasteiger partial charge in [-0.2, -0.15) is 0 Å². The van der Waals surface area contributed by atoms with Crippen LogP contribution in [0.5, 0.6) is 11.5 Å². The number of methoxy groups -OCH3 is 5. The molecule has 0 bridgehead atoms. The molecule has 0 radical (unpaired) electrons. The summed E-state index contributed by atoms with van der Waals surface area (Å²) in [5.74, 6) is 2.70. The van der Waals surface area contributed by atoms with Crippen molar-refractivity contribution in [1.82, 2.24) is 54.7 Å². The number of fused-ring (bicyclic) bond motifs is 30. The Morgan fingerprint density at radius 3 is 1.49 bits per heavy atom. The van der Waals surface area contributed by atoms with Gasteiger partial charge in [0.25, 0.3) is 5.91 Å². The number of aromatic amines is 5. The van der Waals surface area contributed by atoms with Gasteiger partial charge in [0.05, 0.1) is 144 Å². The van der Waals surface area contributed by atoms with Crippen molar-refractivity contribution >= 4 is 84.2 Å². The van der Waals surface area contributed by atoms with Crippen molar-refractivity contribution in [2.75, 3.05) is 94.5 Å². The topological polar surface area (TPSA) is 316 Å². The zero-order valence-corrected chi connectivity index (χ0v) is 78.7. The van der Waals surface area contributed by atoms with Crippen LogP contribution >= 0.6 is 0 Å². The Morgan fingerprint density at radius 1 is 0.489 bits per heavy atom. The quantitative estimate of drug-likeness (QED) is 0.0492. The van der Waals surface area contributed by atoms with Crippen molar-refractivity contribution in [2.24, 2.45) is 59.2 Å². The number of piperidine rings is 5. The van der Waals surface area contributed by atoms with Crippen molar-refractivity contribution < 1.29 is 76.8 Å². The number of allylic oxidation sites excluding steroid dienone is 2. The smallest absolute Gasteiger partial charge is 0.337 e. The van der Waals surface area contributed by atoms with Gasteiger partial charge in [-0.05, 0) is 205 Å². The molecular weight excluding hydrogens is 1710 g/mol. The van der Waals surface area contributed by atoms with Gasteiger partial charge >= 0.3 is 17.9 Å². The lowest BCUT2D eigenvalue weighted by atomic mass is 9.70. The molecule has 21 atom stereocenters. The molecule has 27 heteroatoms. The van der Waals surface area contributed by atoms with E-state index in [9.17, 15) is 34.2 Å². The maximum atomic E-state index is 13.6. The number of aromatic nitrogens is 5. The number of nitrogens with one attached hydrogen (secondary N) is 6. The van der Waals surface area contributed by atoms with Gasteiger partial charge in [-0.3, -0.25) is 29.2 Å². The van der Waals surface area contributed by atoms with Gasteiger partial charge in [0.2, 0.25) is 5.91 Å². The fraction of sp³-hybridized carbons (Fsp3) is 0.472. The summed E-state index contributed by atoms with van der Waals surface area (Å²) in [4.78, 5) is 92.8. The van der Waals surface area contributed by atoms with Crippen LogP contribution < -0.4 is 14.8 Å². The maximum Gasteiger partial charge on any atom is 0.337 e. The number of para-hydroxylation sites is 3. The average molecular weight is 1830 g/mol. The number of carbonyl (C=O) groups is 5. The lowest BCUT2D eigenvalue weighted by Gasteiger charge is -2.51. The molecule has 5 aromatic heterocycles. The van der Waals surface area contributed by atoms with E-state index in [0.29, 0.717) is 53.3 Å². The van der Waals surface area contributed by atoms with Crippen LogP contribution in [0.15, 0.2) is 181 Å². The number of carbonyl (C=O) groups excluding carboxylic acids is 4. The monoisotopic (exact) mass is 1830 g/mol. The summed E-state index contributed by atoms with van der Waals surface area (Å²) in [6.07, 6.45) is 20.6. The lowest BCUT2D eigenvalue weighted by Crippen LogP contribution is -2.58. The van der Waals surface area contributed by atoms with E-state index in [2.05, 4.69) is 167 Å². The van der Waals surface area contributed by atoms with Crippen LogP contribution in [0, 0.1) is 59.2 Å². The highest BCUT2D eigenvalue weighted by molar-refractivity contribution is 5.95. The standard InChI is InChI=1S/C22H27N3O2.C22H24N2O3.C22H26N2O3.2C21H24N2O4/c1-3-23-22(26)18-12-27-13(2)17-11-25-9-8-15-14-6-4-5-7-19(14)24-21(15)20(25)10-16(17)18;1-12(26-3)18-11-16-15-6-4-5-7-17(15)23-21(16)19-10-14-8-9-27-13(2)20(14)22(25)24(18)19;1-26-14-6-7-19-18(10-14)15-8-9-24-12-13-4-3-5-16(22(25)27-2)17(13)11-20(24)21(15)23-19;1-11-16-9-23-6-5-13-15-7-12(26-2)3-4-18(15)22-20(13)19(23)8-14(16)17(10-27-11)21(24)25;1-11-14-9-23-8-7-13-12-5-3-4-6-16(12)22-18(13)19(23)20(24)17(14)15(10-27-11)21(25)26-2/h4-7,12-13,16-17,20,24H,3,8-11H2,1-2H3,(H,23,26);4-9,13-14,18-20,23H,1,10-11H2,2-3H3;5-7,10,13,17,20,23H,3-4,8-9,11-12H2,1-2H3;3-4,7,10-11,14,16,19,22H,5-6,8-9H2,1-2H3,(H,24,25);3-6,10-11,14,17,19-20,22,24H,7-9H2,1-2H3/t13-,16-,17+,20-;13-,14-,18-,19-,20-;13-,17+,20+;11-,14-,16-,19-;11-,14+,17+,19-,20+/m00101/s1. The SMILES string of the molecule is C=C(OC)[C@@H]1Cc2c([nH]c3ccccc23)[C@@H]2C[C@@H]3C=CO[C@@H](C)[C@@H]3C(=O)N12.CCNC(=O)C1=CO[C@@H](C)[C@H]2CN3CCc4c([nH]c5ccccc45)[C@@H]3C[C@H]12.COC(=O)C1=CCC[C@@H]2CN3CCc4c([nH]c5ccc(OC)cc45)[C@@H]3C[C@H]12.COC(=O)C1=CO[C@H](C)[C@@H]2CN3CCc4c([nH]c5ccccc45)[C@@H]3[C@@H](O)[C@H]12.COc1ccc2[nH]c3c(c2c1)CCN1C[C@H]2[C@H](C)OC=C(C(=O)O)[C@H]2C[C@@H]31. The first-order valence-electron chi connectivity index (χ1n) is 48.7. The summed E-state index contributed by atoms with van der Waals surface area (Å²) in [6.45, 7) is 22.7. The number of aliphatic carboxylic acids is 1. The van der Waals surface area contributed by atoms with Crippen LogP contribution in [-0.2, 0) is 89.2 Å². The highest BCUT2D eigenvalue weighted by Gasteiger charge is 2.56. The second-order valence-electron chi connectivity index (χ2n) is 39.7. The molecule has 0 unspecified atom stereocenters. The van der Waals surface area contributed by atoms with E-state index in [0.717, 1.165) is 167 Å². The highest BCUT2D eigenvalue weighted by Crippen LogP contribution is 2.56. The molecule has 10 aromatic rings. The number of carboxylic acids is 1. The first-order chi connectivity index (χ1) is 65.6. The van der Waals surface area contributed by atoms with Crippen LogP contribution in [-0.4, -0.2) is 220 Å². The molecule has 5 fully saturated rings. The minimum atomic E-state index is -0.859. The Bertz CT molecular complexity index is 6460. The van der Waals surface area contributed by atoms with Crippen molar-refractivity contribution in [3.8, 4) is 11.5 Å². The van der Waals surface area contributed by atoms with Crippen LogP contribution in [0.1, 0.15) is 160 Å². The molecule has 135 heavy (non-hydrogen) atoms. The van der Waals surface area contributed by atoms with E-state index in [1.807, 2.05) is 49.9 Å². The van der Waals surface area contributed by atoms with Crippen molar-refractivity contribution in [3.63, 3.8) is 0 Å². The Labute approximate surface area is 785 Å². The van der Waals surface area contributed by atoms with Gasteiger partial charge in [0.15, 0.2) is 0 Å². The minimum absolute atomic E-state index is 0.00162. The van der Waals surface area contributed by atoms with Gasteiger partial charge in [-0.1, -0.05) is 67.3 Å². The third-order valence-electron chi connectivity index (χ3n) is 33.3. The molecular formula is C108H125N11O16. The van der Waals surface area contributed by atoms with Crippen molar-refractivity contribution in [2.45, 2.75) is 172 Å². The zero-order valence-electron chi connectivity index (χ0n) is 78.7. The summed E-state index contributed by atoms with van der Waals surface area (Å²) in [6, 6.07) is 38.3. The Balaban J connectivity index is 0.000000101. The number of likely N-dealkylation sites (N-methyl/N-ethyl adjacent to an activating group) is 1. The molecule has 0 spiro atoms. The second kappa shape index (κ2) is 36.6. The van der Waals surface area contributed by atoms with E-state index in [4.69, 9.17) is 42.6 Å². The Hall–Kier alpha value is -12.0. The van der Waals surface area contributed by atoms with Gasteiger partial charge < -0.3 is 88.0 Å². The molecule has 5 aromatic carbocycles. The molecule has 8 N–H and O–H groups in total. The Kier molecular flexibility index (Phi) is 24.2. The summed E-state index contributed by atoms with van der Waals surface area (Å²) in [5, 5.41) is 30.4.